The lowest BCUT2D eigenvalue weighted by Gasteiger charge is -2.24. The minimum Gasteiger partial charge on any atom is -0.334 e. The molecule has 1 atom stereocenters. The zero-order valence-electron chi connectivity index (χ0n) is 10.4. The Kier molecular flexibility index (Phi) is 3.62. The molecule has 0 bridgehead atoms. The Bertz CT molecular complexity index is 439. The lowest BCUT2D eigenvalue weighted by atomic mass is 10.1. The molecule has 3 nitrogen and oxygen atoms in total. The predicted molar refractivity (Wildman–Crippen MR) is 70.1 cm³/mol. The van der Waals surface area contributed by atoms with Gasteiger partial charge in [-0.3, -0.25) is 4.79 Å². The summed E-state index contributed by atoms with van der Waals surface area (Å²) < 4.78 is 0. The highest BCUT2D eigenvalue weighted by Gasteiger charge is 2.23. The van der Waals surface area contributed by atoms with Crippen molar-refractivity contribution < 1.29 is 4.79 Å². The minimum absolute atomic E-state index is 0.0224. The highest BCUT2D eigenvalue weighted by Crippen LogP contribution is 2.30. The van der Waals surface area contributed by atoms with Crippen LogP contribution in [0.25, 0.3) is 0 Å². The molecule has 4 heteroatoms. The monoisotopic (exact) mass is 250 g/mol. The maximum Gasteiger partial charge on any atom is 0.246 e. The second-order valence-corrected chi connectivity index (χ2v) is 5.56. The van der Waals surface area contributed by atoms with Gasteiger partial charge < -0.3 is 4.90 Å². The van der Waals surface area contributed by atoms with E-state index in [2.05, 4.69) is 20.4 Å². The van der Waals surface area contributed by atoms with E-state index >= 15 is 0 Å². The van der Waals surface area contributed by atoms with Gasteiger partial charge >= 0.3 is 0 Å². The lowest BCUT2D eigenvalue weighted by Crippen LogP contribution is -2.34. The molecule has 0 fully saturated rings. The summed E-state index contributed by atoms with van der Waals surface area (Å²) in [6.07, 6.45) is 3.38. The van der Waals surface area contributed by atoms with Crippen LogP contribution < -0.4 is 0 Å². The molecule has 1 amide bonds. The molecule has 0 aliphatic carbocycles. The number of amides is 1. The standard InChI is InChI=1S/C13H18N2OS/c1-4-9(3)13-14-10-6-7-15(12(16)5-2)8-11(10)17-13/h5,9H,2,4,6-8H2,1,3H3. The Balaban J connectivity index is 2.18. The van der Waals surface area contributed by atoms with E-state index in [0.29, 0.717) is 12.5 Å². The van der Waals surface area contributed by atoms with Crippen LogP contribution in [0.3, 0.4) is 0 Å². The van der Waals surface area contributed by atoms with Crippen molar-refractivity contribution in [1.29, 1.82) is 0 Å². The number of rotatable bonds is 3. The number of aromatic nitrogens is 1. The van der Waals surface area contributed by atoms with Crippen LogP contribution in [0, 0.1) is 0 Å². The molecular formula is C13H18N2OS. The molecule has 1 aliphatic rings. The van der Waals surface area contributed by atoms with Gasteiger partial charge in [-0.05, 0) is 12.5 Å². The van der Waals surface area contributed by atoms with Gasteiger partial charge in [0.25, 0.3) is 0 Å². The highest BCUT2D eigenvalue weighted by atomic mass is 32.1. The second-order valence-electron chi connectivity index (χ2n) is 4.45. The molecule has 1 aromatic rings. The zero-order valence-corrected chi connectivity index (χ0v) is 11.2. The maximum atomic E-state index is 11.6. The molecule has 1 aromatic heterocycles. The fourth-order valence-electron chi connectivity index (χ4n) is 1.92. The largest absolute Gasteiger partial charge is 0.334 e. The first-order valence-electron chi connectivity index (χ1n) is 6.05. The second kappa shape index (κ2) is 5.00. The Morgan fingerprint density at radius 1 is 1.71 bits per heavy atom. The van der Waals surface area contributed by atoms with Gasteiger partial charge in [0, 0.05) is 23.8 Å². The fourth-order valence-corrected chi connectivity index (χ4v) is 3.18. The highest BCUT2D eigenvalue weighted by molar-refractivity contribution is 7.11. The van der Waals surface area contributed by atoms with E-state index < -0.39 is 0 Å². The summed E-state index contributed by atoms with van der Waals surface area (Å²) in [5.41, 5.74) is 1.19. The van der Waals surface area contributed by atoms with Crippen molar-refractivity contribution in [1.82, 2.24) is 9.88 Å². The van der Waals surface area contributed by atoms with Gasteiger partial charge in [-0.1, -0.05) is 20.4 Å². The maximum absolute atomic E-state index is 11.6. The average molecular weight is 250 g/mol. The molecule has 0 N–H and O–H groups in total. The summed E-state index contributed by atoms with van der Waals surface area (Å²) in [4.78, 5) is 19.4. The Morgan fingerprint density at radius 2 is 2.47 bits per heavy atom. The van der Waals surface area contributed by atoms with Crippen molar-refractivity contribution in [3.8, 4) is 0 Å². The number of nitrogens with zero attached hydrogens (tertiary/aromatic N) is 2. The summed E-state index contributed by atoms with van der Waals surface area (Å²) in [7, 11) is 0. The average Bonchev–Trinajstić information content (AvgIpc) is 2.79. The number of hydrogen-bond donors (Lipinski definition) is 0. The quantitative estimate of drug-likeness (QED) is 0.773. The van der Waals surface area contributed by atoms with E-state index in [1.54, 1.807) is 11.3 Å². The van der Waals surface area contributed by atoms with Crippen LogP contribution in [0.2, 0.25) is 0 Å². The van der Waals surface area contributed by atoms with Crippen LogP contribution in [0.5, 0.6) is 0 Å². The third kappa shape index (κ3) is 2.41. The van der Waals surface area contributed by atoms with E-state index in [1.165, 1.54) is 21.7 Å². The predicted octanol–water partition coefficient (Wildman–Crippen LogP) is 2.73. The van der Waals surface area contributed by atoms with Crippen molar-refractivity contribution >= 4 is 17.2 Å². The molecule has 92 valence electrons. The van der Waals surface area contributed by atoms with E-state index in [-0.39, 0.29) is 5.91 Å². The summed E-state index contributed by atoms with van der Waals surface area (Å²) in [6.45, 7) is 9.39. The van der Waals surface area contributed by atoms with Crippen LogP contribution in [-0.2, 0) is 17.8 Å². The van der Waals surface area contributed by atoms with Crippen molar-refractivity contribution in [2.45, 2.75) is 39.2 Å². The summed E-state index contributed by atoms with van der Waals surface area (Å²) in [5, 5.41) is 1.21. The third-order valence-corrected chi connectivity index (χ3v) is 4.58. The van der Waals surface area contributed by atoms with Gasteiger partial charge in [0.1, 0.15) is 0 Å². The number of carbonyl (C=O) groups is 1. The normalized spacial score (nSPS) is 16.5. The fraction of sp³-hybridized carbons (Fsp3) is 0.538. The first kappa shape index (κ1) is 12.3. The molecule has 0 saturated heterocycles. The van der Waals surface area contributed by atoms with Gasteiger partial charge in [0.2, 0.25) is 5.91 Å². The summed E-state index contributed by atoms with van der Waals surface area (Å²) >= 11 is 1.76. The molecular weight excluding hydrogens is 232 g/mol. The minimum atomic E-state index is 0.0224. The van der Waals surface area contributed by atoms with Gasteiger partial charge in [-0.2, -0.15) is 0 Å². The lowest BCUT2D eigenvalue weighted by molar-refractivity contribution is -0.126. The third-order valence-electron chi connectivity index (χ3n) is 3.27. The molecule has 1 unspecified atom stereocenters. The van der Waals surface area contributed by atoms with Crippen molar-refractivity contribution in [3.63, 3.8) is 0 Å². The van der Waals surface area contributed by atoms with Gasteiger partial charge in [0.05, 0.1) is 17.2 Å². The Morgan fingerprint density at radius 3 is 3.12 bits per heavy atom. The van der Waals surface area contributed by atoms with Crippen LogP contribution in [0.1, 0.15) is 41.8 Å². The molecule has 0 spiro atoms. The zero-order chi connectivity index (χ0) is 12.4. The molecule has 2 heterocycles. The molecule has 2 rings (SSSR count). The van der Waals surface area contributed by atoms with E-state index in [1.807, 2.05) is 4.90 Å². The summed E-state index contributed by atoms with van der Waals surface area (Å²) in [6, 6.07) is 0. The summed E-state index contributed by atoms with van der Waals surface area (Å²) in [5.74, 6) is 0.545. The Labute approximate surface area is 106 Å². The number of carbonyl (C=O) groups excluding carboxylic acids is 1. The first-order chi connectivity index (χ1) is 8.15. The van der Waals surface area contributed by atoms with Crippen molar-refractivity contribution in [2.24, 2.45) is 0 Å². The SMILES string of the molecule is C=CC(=O)N1CCc2nc(C(C)CC)sc2C1. The molecule has 17 heavy (non-hydrogen) atoms. The van der Waals surface area contributed by atoms with E-state index in [0.717, 1.165) is 19.4 Å². The molecule has 0 saturated carbocycles. The van der Waals surface area contributed by atoms with Gasteiger partial charge in [-0.15, -0.1) is 11.3 Å². The van der Waals surface area contributed by atoms with Gasteiger partial charge in [-0.25, -0.2) is 4.98 Å². The van der Waals surface area contributed by atoms with Crippen LogP contribution in [-0.4, -0.2) is 22.3 Å². The van der Waals surface area contributed by atoms with Crippen LogP contribution in [0.4, 0.5) is 0 Å². The van der Waals surface area contributed by atoms with Gasteiger partial charge in [0.15, 0.2) is 0 Å². The first-order valence-corrected chi connectivity index (χ1v) is 6.87. The topological polar surface area (TPSA) is 33.2 Å². The Hall–Kier alpha value is -1.16. The number of fused-ring (bicyclic) bond motifs is 1. The van der Waals surface area contributed by atoms with E-state index in [9.17, 15) is 4.79 Å². The van der Waals surface area contributed by atoms with Crippen molar-refractivity contribution in [3.05, 3.63) is 28.2 Å². The van der Waals surface area contributed by atoms with Crippen LogP contribution >= 0.6 is 11.3 Å². The van der Waals surface area contributed by atoms with Crippen LogP contribution in [0.15, 0.2) is 12.7 Å². The molecule has 0 aromatic carbocycles. The van der Waals surface area contributed by atoms with Crippen molar-refractivity contribution in [2.75, 3.05) is 6.54 Å². The molecule has 0 radical (unpaired) electrons. The molecule has 1 aliphatic heterocycles. The smallest absolute Gasteiger partial charge is 0.246 e. The number of hydrogen-bond acceptors (Lipinski definition) is 3. The number of thiazole rings is 1. The van der Waals surface area contributed by atoms with E-state index in [4.69, 9.17) is 4.98 Å².